The first-order chi connectivity index (χ1) is 14.0. The van der Waals surface area contributed by atoms with Crippen LogP contribution in [0, 0.1) is 5.82 Å². The summed E-state index contributed by atoms with van der Waals surface area (Å²) in [6, 6.07) is 6.44. The van der Waals surface area contributed by atoms with E-state index in [1.807, 2.05) is 19.9 Å². The van der Waals surface area contributed by atoms with Crippen LogP contribution in [-0.2, 0) is 6.42 Å². The summed E-state index contributed by atoms with van der Waals surface area (Å²) in [5.74, 6) is -0.151. The third kappa shape index (κ3) is 4.13. The van der Waals surface area contributed by atoms with Crippen LogP contribution in [-0.4, -0.2) is 38.0 Å². The third-order valence-electron chi connectivity index (χ3n) is 5.13. The lowest BCUT2D eigenvalue weighted by Gasteiger charge is -2.27. The molecule has 0 saturated carbocycles. The summed E-state index contributed by atoms with van der Waals surface area (Å²) in [5, 5.41) is 20.1. The predicted octanol–water partition coefficient (Wildman–Crippen LogP) is 3.37. The van der Waals surface area contributed by atoms with Crippen molar-refractivity contribution in [2.45, 2.75) is 38.8 Å². The summed E-state index contributed by atoms with van der Waals surface area (Å²) < 4.78 is 16.1. The Morgan fingerprint density at radius 3 is 2.97 bits per heavy atom. The molecule has 1 unspecified atom stereocenters. The molecular formula is C21H25FN6O. The van der Waals surface area contributed by atoms with Gasteiger partial charge >= 0.3 is 0 Å². The minimum Gasteiger partial charge on any atom is -0.396 e. The zero-order chi connectivity index (χ0) is 20.4. The fourth-order valence-electron chi connectivity index (χ4n) is 3.62. The van der Waals surface area contributed by atoms with Gasteiger partial charge in [-0.25, -0.2) is 14.4 Å². The molecule has 3 heterocycles. The Labute approximate surface area is 169 Å². The van der Waals surface area contributed by atoms with Crippen molar-refractivity contribution in [1.82, 2.24) is 25.1 Å². The number of nitrogens with one attached hydrogen (secondary N) is 2. The van der Waals surface area contributed by atoms with E-state index in [-0.39, 0.29) is 24.4 Å². The van der Waals surface area contributed by atoms with Gasteiger partial charge in [-0.2, -0.15) is 5.10 Å². The summed E-state index contributed by atoms with van der Waals surface area (Å²) >= 11 is 0. The maximum atomic E-state index is 14.3. The second kappa shape index (κ2) is 8.26. The molecule has 3 N–H and O–H groups in total. The molecule has 0 bridgehead atoms. The Hall–Kier alpha value is -2.84. The zero-order valence-corrected chi connectivity index (χ0v) is 16.6. The van der Waals surface area contributed by atoms with Crippen molar-refractivity contribution >= 4 is 11.6 Å². The van der Waals surface area contributed by atoms with E-state index in [2.05, 4.69) is 37.8 Å². The Balaban J connectivity index is 1.58. The van der Waals surface area contributed by atoms with Crippen molar-refractivity contribution in [3.63, 3.8) is 0 Å². The number of rotatable bonds is 6. The molecule has 4 rings (SSSR count). The summed E-state index contributed by atoms with van der Waals surface area (Å²) in [4.78, 5) is 8.46. The molecule has 0 amide bonds. The first-order valence-corrected chi connectivity index (χ1v) is 9.86. The Kier molecular flexibility index (Phi) is 5.55. The van der Waals surface area contributed by atoms with Gasteiger partial charge in [-0.05, 0) is 56.5 Å². The summed E-state index contributed by atoms with van der Waals surface area (Å²) in [6.07, 6.45) is 6.18. The van der Waals surface area contributed by atoms with Crippen molar-refractivity contribution in [3.05, 3.63) is 53.7 Å². The summed E-state index contributed by atoms with van der Waals surface area (Å²) in [6.45, 7) is 5.04. The highest BCUT2D eigenvalue weighted by atomic mass is 19.1. The molecule has 0 fully saturated rings. The van der Waals surface area contributed by atoms with Crippen LogP contribution in [0.5, 0.6) is 0 Å². The normalized spacial score (nSPS) is 16.1. The number of halogens is 1. The van der Waals surface area contributed by atoms with Gasteiger partial charge < -0.3 is 15.7 Å². The van der Waals surface area contributed by atoms with Crippen LogP contribution >= 0.6 is 0 Å². The number of anilines is 2. The fraction of sp³-hybridized carbons (Fsp3) is 0.381. The fourth-order valence-corrected chi connectivity index (χ4v) is 3.62. The standard InChI is InChI=1S/C21H25FN6O/c1-13(2)28-12-15(10-25-28)20-18(22)11-24-21(27-20)26-16-3-4-17-14(9-16)5-7-23-19(17)6-8-29/h3-4,9-13,19,23,29H,5-8H2,1-2H3,(H,24,26,27). The van der Waals surface area contributed by atoms with Crippen molar-refractivity contribution in [2.24, 2.45) is 0 Å². The van der Waals surface area contributed by atoms with Crippen molar-refractivity contribution in [2.75, 3.05) is 18.5 Å². The quantitative estimate of drug-likeness (QED) is 0.592. The minimum absolute atomic E-state index is 0.150. The highest BCUT2D eigenvalue weighted by molar-refractivity contribution is 5.62. The molecule has 1 atom stereocenters. The number of benzene rings is 1. The zero-order valence-electron chi connectivity index (χ0n) is 16.6. The molecule has 0 aliphatic carbocycles. The second-order valence-corrected chi connectivity index (χ2v) is 7.50. The maximum Gasteiger partial charge on any atom is 0.227 e. The Morgan fingerprint density at radius 1 is 1.34 bits per heavy atom. The molecule has 152 valence electrons. The van der Waals surface area contributed by atoms with Crippen LogP contribution in [0.3, 0.4) is 0 Å². The van der Waals surface area contributed by atoms with Gasteiger partial charge in [0.1, 0.15) is 5.69 Å². The number of hydrogen-bond donors (Lipinski definition) is 3. The predicted molar refractivity (Wildman–Crippen MR) is 109 cm³/mol. The van der Waals surface area contributed by atoms with E-state index in [1.165, 1.54) is 17.3 Å². The van der Waals surface area contributed by atoms with E-state index in [4.69, 9.17) is 0 Å². The van der Waals surface area contributed by atoms with Crippen molar-refractivity contribution in [1.29, 1.82) is 0 Å². The van der Waals surface area contributed by atoms with Crippen LogP contribution in [0.2, 0.25) is 0 Å². The number of hydrogen-bond acceptors (Lipinski definition) is 6. The van der Waals surface area contributed by atoms with E-state index < -0.39 is 5.82 Å². The second-order valence-electron chi connectivity index (χ2n) is 7.50. The molecule has 8 heteroatoms. The van der Waals surface area contributed by atoms with Gasteiger partial charge in [0.15, 0.2) is 5.82 Å². The Bertz CT molecular complexity index is 1000. The molecule has 0 radical (unpaired) electrons. The van der Waals surface area contributed by atoms with Gasteiger partial charge in [-0.3, -0.25) is 4.68 Å². The van der Waals surface area contributed by atoms with E-state index >= 15 is 0 Å². The first-order valence-electron chi connectivity index (χ1n) is 9.86. The molecule has 2 aromatic heterocycles. The Morgan fingerprint density at radius 2 is 2.21 bits per heavy atom. The lowest BCUT2D eigenvalue weighted by atomic mass is 9.92. The van der Waals surface area contributed by atoms with Crippen molar-refractivity contribution < 1.29 is 9.50 Å². The van der Waals surface area contributed by atoms with E-state index in [0.29, 0.717) is 17.9 Å². The van der Waals surface area contributed by atoms with E-state index in [9.17, 15) is 9.50 Å². The molecular weight excluding hydrogens is 371 g/mol. The molecule has 1 aliphatic heterocycles. The summed E-state index contributed by atoms with van der Waals surface area (Å²) in [5.41, 5.74) is 4.12. The smallest absolute Gasteiger partial charge is 0.227 e. The lowest BCUT2D eigenvalue weighted by molar-refractivity contribution is 0.263. The topological polar surface area (TPSA) is 87.9 Å². The lowest BCUT2D eigenvalue weighted by Crippen LogP contribution is -2.30. The van der Waals surface area contributed by atoms with Gasteiger partial charge in [0, 0.05) is 36.1 Å². The number of nitrogens with zero attached hydrogens (tertiary/aromatic N) is 4. The molecule has 1 aliphatic rings. The largest absolute Gasteiger partial charge is 0.396 e. The number of fused-ring (bicyclic) bond motifs is 1. The number of aromatic nitrogens is 4. The van der Waals surface area contributed by atoms with Gasteiger partial charge in [0.2, 0.25) is 5.95 Å². The van der Waals surface area contributed by atoms with Crippen LogP contribution < -0.4 is 10.6 Å². The van der Waals surface area contributed by atoms with E-state index in [0.717, 1.165) is 18.7 Å². The van der Waals surface area contributed by atoms with Crippen LogP contribution in [0.15, 0.2) is 36.8 Å². The number of aliphatic hydroxyl groups is 1. The first kappa shape index (κ1) is 19.5. The highest BCUT2D eigenvalue weighted by Gasteiger charge is 2.19. The molecule has 7 nitrogen and oxygen atoms in total. The molecule has 0 saturated heterocycles. The van der Waals surface area contributed by atoms with Crippen LogP contribution in [0.25, 0.3) is 11.3 Å². The SMILES string of the molecule is CC(C)n1cc(-c2nc(Nc3ccc4c(c3)CCNC4CCO)ncc2F)cn1. The highest BCUT2D eigenvalue weighted by Crippen LogP contribution is 2.29. The van der Waals surface area contributed by atoms with Gasteiger partial charge in [0.25, 0.3) is 0 Å². The molecule has 0 spiro atoms. The van der Waals surface area contributed by atoms with Gasteiger partial charge in [-0.1, -0.05) is 6.07 Å². The monoisotopic (exact) mass is 396 g/mol. The van der Waals surface area contributed by atoms with E-state index in [1.54, 1.807) is 17.1 Å². The van der Waals surface area contributed by atoms with Crippen LogP contribution in [0.4, 0.5) is 16.0 Å². The number of aliphatic hydroxyl groups excluding tert-OH is 1. The van der Waals surface area contributed by atoms with Crippen molar-refractivity contribution in [3.8, 4) is 11.3 Å². The van der Waals surface area contributed by atoms with Gasteiger partial charge in [-0.15, -0.1) is 0 Å². The molecule has 29 heavy (non-hydrogen) atoms. The average molecular weight is 396 g/mol. The molecule has 3 aromatic rings. The minimum atomic E-state index is -0.484. The maximum absolute atomic E-state index is 14.3. The van der Waals surface area contributed by atoms with Gasteiger partial charge in [0.05, 0.1) is 12.4 Å². The third-order valence-corrected chi connectivity index (χ3v) is 5.13. The average Bonchev–Trinajstić information content (AvgIpc) is 3.20. The van der Waals surface area contributed by atoms with Crippen LogP contribution in [0.1, 0.15) is 43.5 Å². The summed E-state index contributed by atoms with van der Waals surface area (Å²) in [7, 11) is 0. The molecule has 1 aromatic carbocycles.